The van der Waals surface area contributed by atoms with E-state index in [0.29, 0.717) is 11.1 Å². The molecular formula is C12H13N3O5. The number of hydrogen-bond donors (Lipinski definition) is 4. The van der Waals surface area contributed by atoms with E-state index in [1.165, 1.54) is 12.1 Å². The Morgan fingerprint density at radius 2 is 2.15 bits per heavy atom. The number of nitrogens with one attached hydrogen (secondary N) is 2. The molecule has 3 heterocycles. The molecule has 0 saturated carbocycles. The second kappa shape index (κ2) is 4.82. The molecule has 1 fully saturated rings. The van der Waals surface area contributed by atoms with Crippen LogP contribution in [0.1, 0.15) is 18.2 Å². The summed E-state index contributed by atoms with van der Waals surface area (Å²) in [7, 11) is 0. The molecule has 0 aromatic carbocycles. The Balaban J connectivity index is 2.12. The molecule has 8 nitrogen and oxygen atoms in total. The molecule has 3 atom stereocenters. The number of ether oxygens (including phenoxy) is 1. The van der Waals surface area contributed by atoms with Crippen molar-refractivity contribution in [1.82, 2.24) is 15.0 Å². The molecule has 2 aromatic rings. The van der Waals surface area contributed by atoms with Gasteiger partial charge < -0.3 is 24.9 Å². The highest BCUT2D eigenvalue weighted by atomic mass is 16.5. The lowest BCUT2D eigenvalue weighted by atomic mass is 10.1. The van der Waals surface area contributed by atoms with Crippen molar-refractivity contribution in [1.29, 1.82) is 0 Å². The van der Waals surface area contributed by atoms with Crippen LogP contribution in [0.3, 0.4) is 0 Å². The Hall–Kier alpha value is -2.03. The monoisotopic (exact) mass is 279 g/mol. The average molecular weight is 279 g/mol. The van der Waals surface area contributed by atoms with Crippen LogP contribution in [0.2, 0.25) is 0 Å². The van der Waals surface area contributed by atoms with Crippen molar-refractivity contribution in [2.75, 3.05) is 6.61 Å². The van der Waals surface area contributed by atoms with Crippen LogP contribution in [0.5, 0.6) is 0 Å². The number of nitrogens with zero attached hydrogens (tertiary/aromatic N) is 1. The Labute approximate surface area is 112 Å². The maximum absolute atomic E-state index is 11.5. The van der Waals surface area contributed by atoms with Crippen molar-refractivity contribution >= 4 is 11.0 Å². The van der Waals surface area contributed by atoms with Crippen molar-refractivity contribution < 1.29 is 14.9 Å². The molecule has 0 bridgehead atoms. The van der Waals surface area contributed by atoms with Gasteiger partial charge in [-0.05, 0) is 6.07 Å². The molecule has 0 aliphatic carbocycles. The SMILES string of the molecule is O=c1ccc2c(C3C[C@H](O)[C@@H](CO)O3)[nH]c(=O)nc2[nH]1. The summed E-state index contributed by atoms with van der Waals surface area (Å²) in [5, 5.41) is 19.4. The fraction of sp³-hybridized carbons (Fsp3) is 0.417. The number of aromatic amines is 2. The third-order valence-corrected chi connectivity index (χ3v) is 3.37. The highest BCUT2D eigenvalue weighted by Crippen LogP contribution is 2.33. The normalized spacial score (nSPS) is 26.2. The summed E-state index contributed by atoms with van der Waals surface area (Å²) in [6.07, 6.45) is -1.81. The Morgan fingerprint density at radius 3 is 2.85 bits per heavy atom. The molecule has 1 saturated heterocycles. The first-order chi connectivity index (χ1) is 9.58. The highest BCUT2D eigenvalue weighted by molar-refractivity contribution is 5.77. The maximum atomic E-state index is 11.5. The predicted octanol–water partition coefficient (Wildman–Crippen LogP) is -1.21. The number of rotatable bonds is 2. The Kier molecular flexibility index (Phi) is 3.13. The summed E-state index contributed by atoms with van der Waals surface area (Å²) in [6.45, 7) is -0.304. The summed E-state index contributed by atoms with van der Waals surface area (Å²) < 4.78 is 5.51. The molecule has 2 aromatic heterocycles. The van der Waals surface area contributed by atoms with E-state index in [1.54, 1.807) is 0 Å². The van der Waals surface area contributed by atoms with Gasteiger partial charge in [0.05, 0.1) is 18.4 Å². The van der Waals surface area contributed by atoms with Crippen LogP contribution in [0.25, 0.3) is 11.0 Å². The third kappa shape index (κ3) is 2.13. The van der Waals surface area contributed by atoms with Crippen LogP contribution in [-0.4, -0.2) is 44.0 Å². The van der Waals surface area contributed by atoms with Gasteiger partial charge in [0.2, 0.25) is 5.56 Å². The molecule has 20 heavy (non-hydrogen) atoms. The van der Waals surface area contributed by atoms with Gasteiger partial charge in [0.25, 0.3) is 0 Å². The summed E-state index contributed by atoms with van der Waals surface area (Å²) in [5.74, 6) is 0. The lowest BCUT2D eigenvalue weighted by Gasteiger charge is -2.13. The minimum Gasteiger partial charge on any atom is -0.394 e. The van der Waals surface area contributed by atoms with Crippen molar-refractivity contribution in [3.63, 3.8) is 0 Å². The van der Waals surface area contributed by atoms with Crippen LogP contribution in [0.4, 0.5) is 0 Å². The molecule has 0 radical (unpaired) electrons. The number of fused-ring (bicyclic) bond motifs is 1. The van der Waals surface area contributed by atoms with Gasteiger partial charge in [-0.15, -0.1) is 0 Å². The van der Waals surface area contributed by atoms with E-state index in [9.17, 15) is 14.7 Å². The summed E-state index contributed by atoms with van der Waals surface area (Å²) in [4.78, 5) is 31.6. The Bertz CT molecular complexity index is 747. The lowest BCUT2D eigenvalue weighted by molar-refractivity contribution is -0.0232. The number of aromatic nitrogens is 3. The molecule has 3 rings (SSSR count). The van der Waals surface area contributed by atoms with Gasteiger partial charge in [-0.1, -0.05) is 0 Å². The second-order valence-electron chi connectivity index (χ2n) is 4.69. The van der Waals surface area contributed by atoms with E-state index in [1.807, 2.05) is 0 Å². The van der Waals surface area contributed by atoms with Crippen LogP contribution in [0.15, 0.2) is 21.7 Å². The van der Waals surface area contributed by atoms with Gasteiger partial charge >= 0.3 is 5.69 Å². The molecule has 106 valence electrons. The van der Waals surface area contributed by atoms with Gasteiger partial charge in [-0.2, -0.15) is 4.98 Å². The number of H-pyrrole nitrogens is 2. The summed E-state index contributed by atoms with van der Waals surface area (Å²) in [5.41, 5.74) is -0.366. The highest BCUT2D eigenvalue weighted by Gasteiger charge is 2.35. The number of aliphatic hydroxyl groups is 2. The van der Waals surface area contributed by atoms with Crippen LogP contribution >= 0.6 is 0 Å². The minimum absolute atomic E-state index is 0.168. The first-order valence-electron chi connectivity index (χ1n) is 6.16. The number of hydrogen-bond acceptors (Lipinski definition) is 6. The zero-order chi connectivity index (χ0) is 14.3. The predicted molar refractivity (Wildman–Crippen MR) is 68.3 cm³/mol. The van der Waals surface area contributed by atoms with Crippen molar-refractivity contribution in [2.45, 2.75) is 24.7 Å². The average Bonchev–Trinajstić information content (AvgIpc) is 2.78. The molecule has 4 N–H and O–H groups in total. The third-order valence-electron chi connectivity index (χ3n) is 3.37. The van der Waals surface area contributed by atoms with E-state index < -0.39 is 24.0 Å². The van der Waals surface area contributed by atoms with E-state index >= 15 is 0 Å². The first-order valence-corrected chi connectivity index (χ1v) is 6.16. The van der Waals surface area contributed by atoms with E-state index in [4.69, 9.17) is 9.84 Å². The summed E-state index contributed by atoms with van der Waals surface area (Å²) in [6, 6.07) is 2.86. The molecule has 1 aliphatic heterocycles. The van der Waals surface area contributed by atoms with Gasteiger partial charge in [-0.3, -0.25) is 4.79 Å². The molecule has 1 aliphatic rings. The van der Waals surface area contributed by atoms with Crippen molar-refractivity contribution in [2.24, 2.45) is 0 Å². The molecule has 0 spiro atoms. The smallest absolute Gasteiger partial charge is 0.347 e. The Morgan fingerprint density at radius 1 is 1.35 bits per heavy atom. The quantitative estimate of drug-likeness (QED) is 0.546. The second-order valence-corrected chi connectivity index (χ2v) is 4.69. The zero-order valence-corrected chi connectivity index (χ0v) is 10.4. The van der Waals surface area contributed by atoms with Crippen LogP contribution < -0.4 is 11.2 Å². The molecule has 1 unspecified atom stereocenters. The number of pyridine rings is 1. The maximum Gasteiger partial charge on any atom is 0.347 e. The lowest BCUT2D eigenvalue weighted by Crippen LogP contribution is -2.24. The van der Waals surface area contributed by atoms with Crippen molar-refractivity contribution in [3.05, 3.63) is 38.7 Å². The molecule has 8 heteroatoms. The molecule has 0 amide bonds. The standard InChI is InChI=1S/C12H13N3O5/c16-4-8-6(17)3-7(20-8)10-5-1-2-9(18)13-11(5)15-12(19)14-10/h1-2,6-8,16-17H,3-4H2,(H2,13,14,15,18,19)/t6-,7?,8+/m0/s1. The number of aliphatic hydroxyl groups excluding tert-OH is 2. The van der Waals surface area contributed by atoms with E-state index in [-0.39, 0.29) is 24.2 Å². The molecular weight excluding hydrogens is 266 g/mol. The zero-order valence-electron chi connectivity index (χ0n) is 10.4. The summed E-state index contributed by atoms with van der Waals surface area (Å²) >= 11 is 0. The van der Waals surface area contributed by atoms with E-state index in [0.717, 1.165) is 0 Å². The van der Waals surface area contributed by atoms with Gasteiger partial charge in [0.15, 0.2) is 0 Å². The van der Waals surface area contributed by atoms with Crippen LogP contribution in [-0.2, 0) is 4.74 Å². The fourth-order valence-electron chi connectivity index (χ4n) is 2.41. The van der Waals surface area contributed by atoms with Crippen molar-refractivity contribution in [3.8, 4) is 0 Å². The topological polar surface area (TPSA) is 128 Å². The first kappa shape index (κ1) is 13.0. The largest absolute Gasteiger partial charge is 0.394 e. The van der Waals surface area contributed by atoms with Gasteiger partial charge in [0.1, 0.15) is 17.9 Å². The van der Waals surface area contributed by atoms with Gasteiger partial charge in [-0.25, -0.2) is 4.79 Å². The van der Waals surface area contributed by atoms with Crippen LogP contribution in [0, 0.1) is 0 Å². The van der Waals surface area contributed by atoms with E-state index in [2.05, 4.69) is 15.0 Å². The minimum atomic E-state index is -0.806. The van der Waals surface area contributed by atoms with Gasteiger partial charge in [0, 0.05) is 17.9 Å². The fourth-order valence-corrected chi connectivity index (χ4v) is 2.41.